The van der Waals surface area contributed by atoms with Crippen molar-refractivity contribution in [3.8, 4) is 11.5 Å². The van der Waals surface area contributed by atoms with Crippen LogP contribution in [0.1, 0.15) is 12.0 Å². The number of ether oxygens (including phenoxy) is 2. The number of carbonyl (C=O) groups is 1. The van der Waals surface area contributed by atoms with Gasteiger partial charge in [-0.15, -0.1) is 0 Å². The van der Waals surface area contributed by atoms with Crippen LogP contribution in [0.2, 0.25) is 0 Å². The van der Waals surface area contributed by atoms with Crippen molar-refractivity contribution in [1.82, 2.24) is 5.32 Å². The Balaban J connectivity index is 1.97. The maximum Gasteiger partial charge on any atom is 0.231 e. The molecule has 0 saturated carbocycles. The van der Waals surface area contributed by atoms with E-state index in [1.807, 2.05) is 12.1 Å². The highest BCUT2D eigenvalue weighted by Gasteiger charge is 2.18. The van der Waals surface area contributed by atoms with Gasteiger partial charge >= 0.3 is 0 Å². The minimum atomic E-state index is 0.0656. The van der Waals surface area contributed by atoms with E-state index in [0.717, 1.165) is 22.7 Å². The summed E-state index contributed by atoms with van der Waals surface area (Å²) in [6.07, 6.45) is 0.494. The van der Waals surface area contributed by atoms with Crippen LogP contribution in [0.5, 0.6) is 11.5 Å². The first-order valence-corrected chi connectivity index (χ1v) is 5.26. The van der Waals surface area contributed by atoms with E-state index in [1.165, 1.54) is 0 Å². The van der Waals surface area contributed by atoms with Crippen LogP contribution in [0.15, 0.2) is 12.1 Å². The van der Waals surface area contributed by atoms with Crippen molar-refractivity contribution in [2.45, 2.75) is 13.0 Å². The molecule has 0 fully saturated rings. The summed E-state index contributed by atoms with van der Waals surface area (Å²) in [5.74, 6) is 1.57. The fourth-order valence-electron chi connectivity index (χ4n) is 1.89. The van der Waals surface area contributed by atoms with E-state index in [1.54, 1.807) is 0 Å². The topological polar surface area (TPSA) is 59.6 Å². The minimum absolute atomic E-state index is 0.0656. The molecule has 0 unspecified atom stereocenters. The molecule has 0 aromatic heterocycles. The summed E-state index contributed by atoms with van der Waals surface area (Å²) in [4.78, 5) is 11.3. The van der Waals surface area contributed by atoms with Gasteiger partial charge in [0, 0.05) is 31.3 Å². The zero-order valence-corrected chi connectivity index (χ0v) is 8.71. The third kappa shape index (κ3) is 1.54. The van der Waals surface area contributed by atoms with Gasteiger partial charge in [0.1, 0.15) is 0 Å². The van der Waals surface area contributed by atoms with Gasteiger partial charge in [0.05, 0.1) is 0 Å². The minimum Gasteiger partial charge on any atom is -0.454 e. The zero-order valence-electron chi connectivity index (χ0n) is 8.71. The molecule has 0 aliphatic carbocycles. The largest absolute Gasteiger partial charge is 0.454 e. The monoisotopic (exact) mass is 220 g/mol. The van der Waals surface area contributed by atoms with Crippen LogP contribution in [-0.4, -0.2) is 19.2 Å². The van der Waals surface area contributed by atoms with E-state index in [9.17, 15) is 4.79 Å². The van der Waals surface area contributed by atoms with Crippen LogP contribution in [0.3, 0.4) is 0 Å². The Morgan fingerprint density at radius 1 is 1.12 bits per heavy atom. The lowest BCUT2D eigenvalue weighted by Crippen LogP contribution is -2.27. The Morgan fingerprint density at radius 2 is 1.94 bits per heavy atom. The van der Waals surface area contributed by atoms with Crippen molar-refractivity contribution in [1.29, 1.82) is 0 Å². The summed E-state index contributed by atoms with van der Waals surface area (Å²) in [7, 11) is 0. The van der Waals surface area contributed by atoms with Gasteiger partial charge in [0.2, 0.25) is 12.7 Å². The maximum atomic E-state index is 11.3. The number of amides is 1. The summed E-state index contributed by atoms with van der Waals surface area (Å²) >= 11 is 0. The number of nitrogens with one attached hydrogen (secondary N) is 2. The molecule has 5 heteroatoms. The molecule has 0 bridgehead atoms. The lowest BCUT2D eigenvalue weighted by Gasteiger charge is -2.17. The highest BCUT2D eigenvalue weighted by atomic mass is 16.7. The number of carbonyl (C=O) groups excluding carboxylic acids is 1. The fourth-order valence-corrected chi connectivity index (χ4v) is 1.89. The van der Waals surface area contributed by atoms with Crippen molar-refractivity contribution in [2.75, 3.05) is 18.7 Å². The van der Waals surface area contributed by atoms with Crippen molar-refractivity contribution in [3.05, 3.63) is 17.7 Å². The Bertz CT molecular complexity index is 445. The summed E-state index contributed by atoms with van der Waals surface area (Å²) in [6, 6.07) is 3.84. The average molecular weight is 220 g/mol. The second-order valence-electron chi connectivity index (χ2n) is 3.82. The third-order valence-corrected chi connectivity index (χ3v) is 2.74. The smallest absolute Gasteiger partial charge is 0.231 e. The van der Waals surface area contributed by atoms with E-state index >= 15 is 0 Å². The zero-order chi connectivity index (χ0) is 11.0. The molecule has 2 N–H and O–H groups in total. The average Bonchev–Trinajstić information content (AvgIpc) is 2.70. The summed E-state index contributed by atoms with van der Waals surface area (Å²) in [6.45, 7) is 1.43. The van der Waals surface area contributed by atoms with Crippen LogP contribution in [0, 0.1) is 0 Å². The normalized spacial score (nSPS) is 17.9. The Morgan fingerprint density at radius 3 is 2.81 bits per heavy atom. The molecular weight excluding hydrogens is 208 g/mol. The number of anilines is 1. The van der Waals surface area contributed by atoms with E-state index in [4.69, 9.17) is 9.47 Å². The van der Waals surface area contributed by atoms with Gasteiger partial charge in [-0.1, -0.05) is 0 Å². The number of hydrogen-bond donors (Lipinski definition) is 2. The van der Waals surface area contributed by atoms with Gasteiger partial charge in [-0.05, 0) is 11.6 Å². The summed E-state index contributed by atoms with van der Waals surface area (Å²) < 4.78 is 10.6. The van der Waals surface area contributed by atoms with Crippen LogP contribution < -0.4 is 20.1 Å². The highest BCUT2D eigenvalue weighted by Crippen LogP contribution is 2.37. The molecular formula is C11H12N2O3. The lowest BCUT2D eigenvalue weighted by atomic mass is 10.1. The van der Waals surface area contributed by atoms with Gasteiger partial charge in [-0.2, -0.15) is 0 Å². The SMILES string of the molecule is O=C1CCNc2cc3c(cc2CN1)OCO3. The molecule has 0 saturated heterocycles. The molecule has 1 aromatic carbocycles. The van der Waals surface area contributed by atoms with Crippen LogP contribution in [0.4, 0.5) is 5.69 Å². The second kappa shape index (κ2) is 3.59. The van der Waals surface area contributed by atoms with E-state index in [2.05, 4.69) is 10.6 Å². The van der Waals surface area contributed by atoms with Crippen LogP contribution >= 0.6 is 0 Å². The lowest BCUT2D eigenvalue weighted by molar-refractivity contribution is -0.121. The van der Waals surface area contributed by atoms with Gasteiger partial charge in [0.15, 0.2) is 11.5 Å². The second-order valence-corrected chi connectivity index (χ2v) is 3.82. The molecule has 2 aliphatic heterocycles. The first-order chi connectivity index (χ1) is 7.83. The van der Waals surface area contributed by atoms with Gasteiger partial charge in [0.25, 0.3) is 0 Å². The Labute approximate surface area is 92.7 Å². The molecule has 16 heavy (non-hydrogen) atoms. The Hall–Kier alpha value is -1.91. The van der Waals surface area contributed by atoms with Crippen LogP contribution in [-0.2, 0) is 11.3 Å². The Kier molecular flexibility index (Phi) is 2.09. The predicted octanol–water partition coefficient (Wildman–Crippen LogP) is 0.847. The summed E-state index contributed by atoms with van der Waals surface area (Å²) in [5, 5.41) is 6.09. The number of hydrogen-bond acceptors (Lipinski definition) is 4. The third-order valence-electron chi connectivity index (χ3n) is 2.74. The molecule has 1 aromatic rings. The van der Waals surface area contributed by atoms with Gasteiger partial charge in [-0.25, -0.2) is 0 Å². The quantitative estimate of drug-likeness (QED) is 0.680. The first-order valence-electron chi connectivity index (χ1n) is 5.26. The molecule has 0 radical (unpaired) electrons. The van der Waals surface area contributed by atoms with E-state index in [-0.39, 0.29) is 12.7 Å². The van der Waals surface area contributed by atoms with Crippen molar-refractivity contribution in [3.63, 3.8) is 0 Å². The highest BCUT2D eigenvalue weighted by molar-refractivity contribution is 5.77. The molecule has 5 nitrogen and oxygen atoms in total. The molecule has 84 valence electrons. The molecule has 2 aliphatic rings. The first kappa shape index (κ1) is 9.33. The van der Waals surface area contributed by atoms with E-state index in [0.29, 0.717) is 19.5 Å². The molecule has 1 amide bonds. The molecule has 3 rings (SSSR count). The van der Waals surface area contributed by atoms with Gasteiger partial charge < -0.3 is 20.1 Å². The molecule has 0 spiro atoms. The number of fused-ring (bicyclic) bond motifs is 2. The summed E-state index contributed by atoms with van der Waals surface area (Å²) in [5.41, 5.74) is 2.03. The van der Waals surface area contributed by atoms with E-state index < -0.39 is 0 Å². The standard InChI is InChI=1S/C11H12N2O3/c14-11-1-2-12-8-4-10-9(15-6-16-10)3-7(8)5-13-11/h3-4,12H,1-2,5-6H2,(H,13,14). The predicted molar refractivity (Wildman–Crippen MR) is 57.5 cm³/mol. The number of benzene rings is 1. The van der Waals surface area contributed by atoms with Crippen molar-refractivity contribution in [2.24, 2.45) is 0 Å². The van der Waals surface area contributed by atoms with Gasteiger partial charge in [-0.3, -0.25) is 4.79 Å². The number of rotatable bonds is 0. The fraction of sp³-hybridized carbons (Fsp3) is 0.364. The van der Waals surface area contributed by atoms with Crippen LogP contribution in [0.25, 0.3) is 0 Å². The van der Waals surface area contributed by atoms with Crippen molar-refractivity contribution >= 4 is 11.6 Å². The van der Waals surface area contributed by atoms with Crippen molar-refractivity contribution < 1.29 is 14.3 Å². The maximum absolute atomic E-state index is 11.3. The molecule has 0 atom stereocenters. The molecule has 2 heterocycles.